The summed E-state index contributed by atoms with van der Waals surface area (Å²) in [6, 6.07) is 0. The van der Waals surface area contributed by atoms with Crippen LogP contribution in [-0.4, -0.2) is 17.4 Å². The predicted molar refractivity (Wildman–Crippen MR) is 67.8 cm³/mol. The molecule has 0 fully saturated rings. The fraction of sp³-hybridized carbons (Fsp3) is 0.333. The molecule has 0 aliphatic rings. The highest BCUT2D eigenvalue weighted by molar-refractivity contribution is 7.80. The van der Waals surface area contributed by atoms with Gasteiger partial charge in [0.1, 0.15) is 4.88 Å². The number of carbonyl (C=O) groups excluding carboxylic acids is 1. The van der Waals surface area contributed by atoms with Gasteiger partial charge in [0.2, 0.25) is 0 Å². The number of amides is 1. The van der Waals surface area contributed by atoms with Crippen LogP contribution in [0.3, 0.4) is 0 Å². The van der Waals surface area contributed by atoms with E-state index in [4.69, 9.17) is 29.6 Å². The minimum atomic E-state index is -0.172. The Morgan fingerprint density at radius 2 is 2.40 bits per heavy atom. The molecule has 1 aromatic rings. The molecule has 0 aliphatic heterocycles. The molecule has 3 N–H and O–H groups in total. The number of thiocarbonyl (C=S) groups is 1. The molecular weight excluding hydrogens is 252 g/mol. The molecule has 3 nitrogen and oxygen atoms in total. The van der Waals surface area contributed by atoms with Crippen molar-refractivity contribution in [3.05, 3.63) is 20.8 Å². The Bertz CT molecular complexity index is 389. The number of nitrogens with two attached hydrogens (primary N) is 1. The van der Waals surface area contributed by atoms with E-state index in [0.29, 0.717) is 27.9 Å². The highest BCUT2D eigenvalue weighted by atomic mass is 35.5. The second kappa shape index (κ2) is 5.44. The van der Waals surface area contributed by atoms with Crippen LogP contribution in [0, 0.1) is 6.92 Å². The van der Waals surface area contributed by atoms with Gasteiger partial charge >= 0.3 is 0 Å². The number of thiophene rings is 1. The molecule has 0 radical (unpaired) electrons. The van der Waals surface area contributed by atoms with Crippen molar-refractivity contribution < 1.29 is 4.79 Å². The average Bonchev–Trinajstić information content (AvgIpc) is 2.47. The van der Waals surface area contributed by atoms with E-state index in [1.54, 1.807) is 0 Å². The predicted octanol–water partition coefficient (Wildman–Crippen LogP) is 2.12. The summed E-state index contributed by atoms with van der Waals surface area (Å²) in [5.74, 6) is -0.172. The summed E-state index contributed by atoms with van der Waals surface area (Å²) in [7, 11) is 0. The maximum absolute atomic E-state index is 11.6. The summed E-state index contributed by atoms with van der Waals surface area (Å²) in [5, 5.41) is 5.08. The largest absolute Gasteiger partial charge is 0.393 e. The summed E-state index contributed by atoms with van der Waals surface area (Å²) in [6.45, 7) is 2.31. The number of halogens is 1. The van der Waals surface area contributed by atoms with Gasteiger partial charge in [-0.25, -0.2) is 0 Å². The molecule has 0 saturated carbocycles. The Morgan fingerprint density at radius 3 is 2.87 bits per heavy atom. The van der Waals surface area contributed by atoms with E-state index in [2.05, 4.69) is 5.32 Å². The highest BCUT2D eigenvalue weighted by Crippen LogP contribution is 2.26. The van der Waals surface area contributed by atoms with Crippen molar-refractivity contribution in [2.75, 3.05) is 6.54 Å². The molecule has 15 heavy (non-hydrogen) atoms. The monoisotopic (exact) mass is 262 g/mol. The van der Waals surface area contributed by atoms with Crippen molar-refractivity contribution >= 4 is 46.1 Å². The summed E-state index contributed by atoms with van der Waals surface area (Å²) in [6.07, 6.45) is 0.503. The number of hydrogen-bond donors (Lipinski definition) is 2. The molecule has 1 heterocycles. The first-order valence-electron chi connectivity index (χ1n) is 4.32. The van der Waals surface area contributed by atoms with Crippen molar-refractivity contribution in [1.29, 1.82) is 0 Å². The number of hydrogen-bond acceptors (Lipinski definition) is 3. The number of nitrogens with one attached hydrogen (secondary N) is 1. The molecule has 0 unspecified atom stereocenters. The van der Waals surface area contributed by atoms with E-state index in [0.717, 1.165) is 5.56 Å². The van der Waals surface area contributed by atoms with E-state index in [1.165, 1.54) is 11.3 Å². The summed E-state index contributed by atoms with van der Waals surface area (Å²) in [5.41, 5.74) is 6.23. The molecule has 0 spiro atoms. The van der Waals surface area contributed by atoms with E-state index in [9.17, 15) is 4.79 Å². The Balaban J connectivity index is 2.54. The van der Waals surface area contributed by atoms with Gasteiger partial charge in [-0.3, -0.25) is 4.79 Å². The molecule has 6 heteroatoms. The zero-order valence-electron chi connectivity index (χ0n) is 8.17. The summed E-state index contributed by atoms with van der Waals surface area (Å²) >= 11 is 12.0. The molecule has 0 atom stereocenters. The Labute approximate surface area is 103 Å². The van der Waals surface area contributed by atoms with Crippen LogP contribution in [0.4, 0.5) is 0 Å². The molecule has 0 saturated heterocycles. The van der Waals surface area contributed by atoms with Crippen LogP contribution in [0.5, 0.6) is 0 Å². The SMILES string of the molecule is Cc1csc(C(=O)NCCC(N)=S)c1Cl. The maximum Gasteiger partial charge on any atom is 0.262 e. The van der Waals surface area contributed by atoms with Crippen LogP contribution in [0.2, 0.25) is 5.02 Å². The van der Waals surface area contributed by atoms with E-state index >= 15 is 0 Å². The van der Waals surface area contributed by atoms with Crippen molar-refractivity contribution in [3.8, 4) is 0 Å². The zero-order valence-corrected chi connectivity index (χ0v) is 10.6. The van der Waals surface area contributed by atoms with Gasteiger partial charge in [0, 0.05) is 13.0 Å². The summed E-state index contributed by atoms with van der Waals surface area (Å²) in [4.78, 5) is 12.5. The van der Waals surface area contributed by atoms with Gasteiger partial charge in [-0.1, -0.05) is 23.8 Å². The first-order chi connectivity index (χ1) is 7.02. The van der Waals surface area contributed by atoms with Gasteiger partial charge in [0.05, 0.1) is 10.0 Å². The number of carbonyl (C=O) groups is 1. The Kier molecular flexibility index (Phi) is 4.50. The fourth-order valence-corrected chi connectivity index (χ4v) is 2.26. The normalized spacial score (nSPS) is 10.0. The maximum atomic E-state index is 11.6. The first kappa shape index (κ1) is 12.4. The zero-order chi connectivity index (χ0) is 11.4. The lowest BCUT2D eigenvalue weighted by atomic mass is 10.3. The van der Waals surface area contributed by atoms with Gasteiger partial charge < -0.3 is 11.1 Å². The molecular formula is C9H11ClN2OS2. The third-order valence-electron chi connectivity index (χ3n) is 1.76. The van der Waals surface area contributed by atoms with Gasteiger partial charge in [-0.2, -0.15) is 0 Å². The lowest BCUT2D eigenvalue weighted by Gasteiger charge is -2.02. The quantitative estimate of drug-likeness (QED) is 0.818. The molecule has 1 rings (SSSR count). The van der Waals surface area contributed by atoms with Gasteiger partial charge in [0.15, 0.2) is 0 Å². The van der Waals surface area contributed by atoms with Crippen molar-refractivity contribution in [2.24, 2.45) is 5.73 Å². The van der Waals surface area contributed by atoms with Crippen LogP contribution in [-0.2, 0) is 0 Å². The first-order valence-corrected chi connectivity index (χ1v) is 5.99. The summed E-state index contributed by atoms with van der Waals surface area (Å²) < 4.78 is 0. The number of aryl methyl sites for hydroxylation is 1. The molecule has 0 bridgehead atoms. The number of rotatable bonds is 4. The van der Waals surface area contributed by atoms with E-state index < -0.39 is 0 Å². The Hall–Kier alpha value is -0.650. The van der Waals surface area contributed by atoms with Crippen molar-refractivity contribution in [2.45, 2.75) is 13.3 Å². The van der Waals surface area contributed by atoms with Crippen molar-refractivity contribution in [3.63, 3.8) is 0 Å². The lowest BCUT2D eigenvalue weighted by molar-refractivity contribution is 0.0959. The molecule has 82 valence electrons. The third-order valence-corrected chi connectivity index (χ3v) is 3.66. The third kappa shape index (κ3) is 3.44. The van der Waals surface area contributed by atoms with E-state index in [-0.39, 0.29) is 5.91 Å². The topological polar surface area (TPSA) is 55.1 Å². The van der Waals surface area contributed by atoms with Crippen LogP contribution in [0.15, 0.2) is 5.38 Å². The Morgan fingerprint density at radius 1 is 1.73 bits per heavy atom. The van der Waals surface area contributed by atoms with Crippen LogP contribution < -0.4 is 11.1 Å². The van der Waals surface area contributed by atoms with Gasteiger partial charge in [-0.15, -0.1) is 11.3 Å². The fourth-order valence-electron chi connectivity index (χ4n) is 0.963. The van der Waals surface area contributed by atoms with Crippen LogP contribution in [0.25, 0.3) is 0 Å². The standard InChI is InChI=1S/C9H11ClN2OS2/c1-5-4-15-8(7(5)10)9(13)12-3-2-6(11)14/h4H,2-3H2,1H3,(H2,11,14)(H,12,13). The highest BCUT2D eigenvalue weighted by Gasteiger charge is 2.13. The van der Waals surface area contributed by atoms with E-state index in [1.807, 2.05) is 12.3 Å². The molecule has 1 aromatic heterocycles. The van der Waals surface area contributed by atoms with Crippen LogP contribution in [0.1, 0.15) is 21.7 Å². The lowest BCUT2D eigenvalue weighted by Crippen LogP contribution is -2.26. The average molecular weight is 263 g/mol. The minimum Gasteiger partial charge on any atom is -0.393 e. The molecule has 1 amide bonds. The van der Waals surface area contributed by atoms with Crippen LogP contribution >= 0.6 is 35.2 Å². The van der Waals surface area contributed by atoms with Gasteiger partial charge in [0.25, 0.3) is 5.91 Å². The minimum absolute atomic E-state index is 0.172. The second-order valence-corrected chi connectivity index (χ2v) is 4.82. The smallest absolute Gasteiger partial charge is 0.262 e. The molecule has 0 aromatic carbocycles. The molecule has 0 aliphatic carbocycles. The van der Waals surface area contributed by atoms with Gasteiger partial charge in [-0.05, 0) is 17.9 Å². The second-order valence-electron chi connectivity index (χ2n) is 3.03. The van der Waals surface area contributed by atoms with Crippen molar-refractivity contribution in [1.82, 2.24) is 5.32 Å².